The first kappa shape index (κ1) is 17.3. The molecule has 1 aromatic heterocycles. The molecule has 0 aliphatic heterocycles. The summed E-state index contributed by atoms with van der Waals surface area (Å²) >= 11 is 2.81. The fraction of sp³-hybridized carbons (Fsp3) is 0.111. The van der Waals surface area contributed by atoms with E-state index in [4.69, 9.17) is 0 Å². The van der Waals surface area contributed by atoms with Crippen LogP contribution in [0.25, 0.3) is 6.08 Å². The summed E-state index contributed by atoms with van der Waals surface area (Å²) in [5.74, 6) is 0. The number of allylic oxidation sites excluding steroid dienone is 1. The van der Waals surface area contributed by atoms with Crippen LogP contribution in [0.5, 0.6) is 0 Å². The second kappa shape index (κ2) is 7.22. The van der Waals surface area contributed by atoms with Gasteiger partial charge in [0.15, 0.2) is 4.34 Å². The third-order valence-corrected chi connectivity index (χ3v) is 7.38. The van der Waals surface area contributed by atoms with Crippen LogP contribution in [0.4, 0.5) is 5.69 Å². The average Bonchev–Trinajstić information content (AvgIpc) is 3.16. The van der Waals surface area contributed by atoms with Crippen LogP contribution in [-0.2, 0) is 16.4 Å². The van der Waals surface area contributed by atoms with Gasteiger partial charge in [0, 0.05) is 4.90 Å². The van der Waals surface area contributed by atoms with Crippen molar-refractivity contribution in [1.82, 2.24) is 10.2 Å². The van der Waals surface area contributed by atoms with Gasteiger partial charge < -0.3 is 0 Å². The van der Waals surface area contributed by atoms with E-state index in [9.17, 15) is 8.42 Å². The number of para-hydroxylation sites is 1. The lowest BCUT2D eigenvalue weighted by Gasteiger charge is -2.18. The summed E-state index contributed by atoms with van der Waals surface area (Å²) in [5.41, 5.74) is 4.35. The quantitative estimate of drug-likeness (QED) is 0.685. The van der Waals surface area contributed by atoms with Gasteiger partial charge in [-0.1, -0.05) is 59.5 Å². The lowest BCUT2D eigenvalue weighted by molar-refractivity contribution is 0.605. The van der Waals surface area contributed by atoms with Crippen LogP contribution in [0, 0.1) is 0 Å². The van der Waals surface area contributed by atoms with Crippen molar-refractivity contribution in [3.63, 3.8) is 0 Å². The maximum atomic E-state index is 12.9. The lowest BCUT2D eigenvalue weighted by Crippen LogP contribution is -2.17. The molecular weight excluding hydrogens is 386 g/mol. The van der Waals surface area contributed by atoms with E-state index in [1.165, 1.54) is 28.7 Å². The topological polar surface area (TPSA) is 72.0 Å². The number of anilines is 1. The van der Waals surface area contributed by atoms with E-state index in [0.717, 1.165) is 21.2 Å². The van der Waals surface area contributed by atoms with E-state index in [1.807, 2.05) is 42.5 Å². The predicted molar refractivity (Wildman–Crippen MR) is 106 cm³/mol. The van der Waals surface area contributed by atoms with Crippen LogP contribution in [0.1, 0.15) is 17.5 Å². The zero-order valence-electron chi connectivity index (χ0n) is 13.6. The highest BCUT2D eigenvalue weighted by Gasteiger charge is 2.22. The van der Waals surface area contributed by atoms with Gasteiger partial charge in [0.05, 0.1) is 10.6 Å². The molecule has 0 spiro atoms. The normalized spacial score (nSPS) is 13.8. The smallest absolute Gasteiger partial charge is 0.258 e. The molecule has 0 fully saturated rings. The Labute approximate surface area is 160 Å². The van der Waals surface area contributed by atoms with E-state index >= 15 is 0 Å². The molecule has 26 heavy (non-hydrogen) atoms. The number of hydrogen-bond acceptors (Lipinski definition) is 6. The van der Waals surface area contributed by atoms with Gasteiger partial charge in [-0.15, -0.1) is 10.2 Å². The Morgan fingerprint density at radius 2 is 1.85 bits per heavy atom. The predicted octanol–water partition coefficient (Wildman–Crippen LogP) is 4.42. The van der Waals surface area contributed by atoms with E-state index in [1.54, 1.807) is 17.7 Å². The molecule has 0 bridgehead atoms. The molecule has 8 heteroatoms. The van der Waals surface area contributed by atoms with Crippen LogP contribution in [0.2, 0.25) is 0 Å². The second-order valence-corrected chi connectivity index (χ2v) is 9.58. The van der Waals surface area contributed by atoms with Gasteiger partial charge in [-0.2, -0.15) is 0 Å². The summed E-state index contributed by atoms with van der Waals surface area (Å²) in [7, 11) is -3.62. The average molecular weight is 402 g/mol. The Balaban J connectivity index is 1.62. The van der Waals surface area contributed by atoms with Crippen molar-refractivity contribution in [1.29, 1.82) is 0 Å². The molecule has 1 aliphatic rings. The molecule has 0 radical (unpaired) electrons. The van der Waals surface area contributed by atoms with Crippen LogP contribution in [-0.4, -0.2) is 18.6 Å². The molecule has 5 nitrogen and oxygen atoms in total. The largest absolute Gasteiger partial charge is 0.279 e. The second-order valence-electron chi connectivity index (χ2n) is 5.72. The molecule has 0 saturated carbocycles. The molecule has 132 valence electrons. The maximum Gasteiger partial charge on any atom is 0.258 e. The van der Waals surface area contributed by atoms with Crippen molar-refractivity contribution < 1.29 is 8.42 Å². The third kappa shape index (κ3) is 3.67. The molecule has 3 aromatic rings. The number of rotatable bonds is 5. The number of sulfonamides is 1. The van der Waals surface area contributed by atoms with Gasteiger partial charge in [-0.3, -0.25) is 4.72 Å². The first-order valence-electron chi connectivity index (χ1n) is 7.96. The number of aromatic nitrogens is 2. The molecule has 0 atom stereocenters. The van der Waals surface area contributed by atoms with Crippen LogP contribution in [0.3, 0.4) is 0 Å². The first-order valence-corrected chi connectivity index (χ1v) is 11.1. The molecule has 0 amide bonds. The minimum Gasteiger partial charge on any atom is -0.279 e. The van der Waals surface area contributed by atoms with Crippen molar-refractivity contribution >= 4 is 44.9 Å². The fourth-order valence-corrected chi connectivity index (χ4v) is 5.61. The van der Waals surface area contributed by atoms with Crippen LogP contribution in [0.15, 0.2) is 68.2 Å². The van der Waals surface area contributed by atoms with Gasteiger partial charge in [0.1, 0.15) is 5.51 Å². The van der Waals surface area contributed by atoms with Crippen LogP contribution < -0.4 is 4.72 Å². The minimum absolute atomic E-state index is 0.409. The molecule has 2 aromatic carbocycles. The Morgan fingerprint density at radius 1 is 1.04 bits per heavy atom. The lowest BCUT2D eigenvalue weighted by atomic mass is 9.98. The number of hydrogen-bond donors (Lipinski definition) is 1. The zero-order chi connectivity index (χ0) is 18.0. The Hall–Kier alpha value is -2.16. The summed E-state index contributed by atoms with van der Waals surface area (Å²) in [6.07, 6.45) is 2.99. The Bertz CT molecular complexity index is 1060. The van der Waals surface area contributed by atoms with Crippen LogP contribution >= 0.6 is 23.1 Å². The molecule has 1 heterocycles. The molecule has 0 saturated heterocycles. The van der Waals surface area contributed by atoms with Crippen molar-refractivity contribution in [3.05, 3.63) is 70.1 Å². The minimum atomic E-state index is -3.62. The van der Waals surface area contributed by atoms with Crippen molar-refractivity contribution in [3.8, 4) is 0 Å². The summed E-state index contributed by atoms with van der Waals surface area (Å²) in [6.45, 7) is 0. The number of nitrogens with one attached hydrogen (secondary N) is 1. The summed E-state index contributed by atoms with van der Waals surface area (Å²) < 4.78 is 29.3. The summed E-state index contributed by atoms with van der Waals surface area (Å²) in [6, 6.07) is 15.2. The summed E-state index contributed by atoms with van der Waals surface area (Å²) in [4.78, 5) is 1.21. The molecule has 1 N–H and O–H groups in total. The molecule has 0 unspecified atom stereocenters. The van der Waals surface area contributed by atoms with E-state index in [2.05, 4.69) is 14.9 Å². The number of nitrogens with zero attached hydrogens (tertiary/aromatic N) is 2. The Morgan fingerprint density at radius 3 is 2.69 bits per heavy atom. The number of fused-ring (bicyclic) bond motifs is 1. The highest BCUT2D eigenvalue weighted by Crippen LogP contribution is 2.35. The van der Waals surface area contributed by atoms with Crippen molar-refractivity contribution in [2.45, 2.75) is 22.1 Å². The van der Waals surface area contributed by atoms with Gasteiger partial charge in [0.25, 0.3) is 10.0 Å². The Kier molecular flexibility index (Phi) is 4.80. The van der Waals surface area contributed by atoms with Gasteiger partial charge >= 0.3 is 0 Å². The highest BCUT2D eigenvalue weighted by atomic mass is 32.2. The maximum absolute atomic E-state index is 12.9. The van der Waals surface area contributed by atoms with Gasteiger partial charge in [0.2, 0.25) is 0 Å². The van der Waals surface area contributed by atoms with Crippen molar-refractivity contribution in [2.24, 2.45) is 0 Å². The van der Waals surface area contributed by atoms with E-state index < -0.39 is 10.0 Å². The first-order chi connectivity index (χ1) is 12.6. The van der Waals surface area contributed by atoms with Gasteiger partial charge in [-0.25, -0.2) is 8.42 Å². The highest BCUT2D eigenvalue weighted by molar-refractivity contribution is 8.01. The van der Waals surface area contributed by atoms with Crippen molar-refractivity contribution in [2.75, 3.05) is 4.72 Å². The fourth-order valence-electron chi connectivity index (χ4n) is 2.77. The standard InChI is InChI=1S/C18H15N3O2S3/c22-26(23,15-10-9-13-5-1-2-6-14(13)11-15)21-16-7-3-4-8-17(16)25-18-20-19-12-24-18/h1-8,11-12,21H,9-10H2. The van der Waals surface area contributed by atoms with E-state index in [-0.39, 0.29) is 0 Å². The third-order valence-electron chi connectivity index (χ3n) is 4.03. The van der Waals surface area contributed by atoms with E-state index in [0.29, 0.717) is 17.0 Å². The number of aryl methyl sites for hydroxylation is 1. The van der Waals surface area contributed by atoms with Gasteiger partial charge in [-0.05, 0) is 42.2 Å². The SMILES string of the molecule is O=S(=O)(Nc1ccccc1Sc1nncs1)C1=Cc2ccccc2CC1. The summed E-state index contributed by atoms with van der Waals surface area (Å²) in [5, 5.41) is 7.82. The molecular formula is C18H15N3O2S3. The number of benzene rings is 2. The molecule has 4 rings (SSSR count). The monoisotopic (exact) mass is 401 g/mol. The molecule has 1 aliphatic carbocycles. The zero-order valence-corrected chi connectivity index (χ0v) is 16.1.